The van der Waals surface area contributed by atoms with Gasteiger partial charge in [0.05, 0.1) is 6.54 Å². The molecule has 0 bridgehead atoms. The van der Waals surface area contributed by atoms with Crippen LogP contribution in [0.15, 0.2) is 22.8 Å². The first-order valence-electron chi connectivity index (χ1n) is 3.70. The van der Waals surface area contributed by atoms with E-state index in [1.807, 2.05) is 0 Å². The van der Waals surface area contributed by atoms with Gasteiger partial charge in [0.2, 0.25) is 0 Å². The number of aromatic nitrogens is 1. The molecule has 14 heavy (non-hydrogen) atoms. The van der Waals surface area contributed by atoms with Gasteiger partial charge < -0.3 is 10.5 Å². The number of carbonyl (C=O) groups is 2. The van der Waals surface area contributed by atoms with Gasteiger partial charge in [-0.25, -0.2) is 9.78 Å². The summed E-state index contributed by atoms with van der Waals surface area (Å²) in [6.45, 7) is -0.331. The molecule has 5 nitrogen and oxygen atoms in total. The Morgan fingerprint density at radius 3 is 2.71 bits per heavy atom. The smallest absolute Gasteiger partial charge is 0.364 e. The largest absolute Gasteiger partial charge is 0.387 e. The number of rotatable bonds is 2. The number of halogens is 1. The number of carbonyl (C=O) groups excluding carboxylic acids is 2. The molecule has 0 saturated carbocycles. The van der Waals surface area contributed by atoms with Gasteiger partial charge in [-0.3, -0.25) is 4.79 Å². The molecule has 0 aromatic carbocycles. The molecule has 0 atom stereocenters. The summed E-state index contributed by atoms with van der Waals surface area (Å²) < 4.78 is 5.08. The zero-order valence-corrected chi connectivity index (χ0v) is 8.65. The van der Waals surface area contributed by atoms with E-state index in [0.717, 1.165) is 4.47 Å². The Bertz CT molecular complexity index is 350. The molecule has 6 heteroatoms. The molecule has 0 saturated heterocycles. The second kappa shape index (κ2) is 4.83. The second-order valence-corrected chi connectivity index (χ2v) is 3.24. The summed E-state index contributed by atoms with van der Waals surface area (Å²) in [7, 11) is 0. The zero-order valence-electron chi connectivity index (χ0n) is 7.07. The first kappa shape index (κ1) is 10.8. The lowest BCUT2D eigenvalue weighted by atomic mass is 10.3. The SMILES string of the molecule is NCC(=O)OC(=O)c1ccc(Br)cn1. The molecule has 0 radical (unpaired) electrons. The molecule has 0 amide bonds. The van der Waals surface area contributed by atoms with E-state index in [-0.39, 0.29) is 12.2 Å². The van der Waals surface area contributed by atoms with Gasteiger partial charge in [-0.1, -0.05) is 0 Å². The standard InChI is InChI=1S/C8H7BrN2O3/c9-5-1-2-6(11-4-5)8(13)14-7(12)3-10/h1-2,4H,3,10H2. The summed E-state index contributed by atoms with van der Waals surface area (Å²) in [6, 6.07) is 3.06. The summed E-state index contributed by atoms with van der Waals surface area (Å²) in [6.07, 6.45) is 1.43. The average Bonchev–Trinajstić information content (AvgIpc) is 2.18. The quantitative estimate of drug-likeness (QED) is 0.617. The molecule has 0 aliphatic heterocycles. The van der Waals surface area contributed by atoms with E-state index in [1.54, 1.807) is 6.07 Å². The minimum absolute atomic E-state index is 0.0648. The maximum absolute atomic E-state index is 11.1. The Labute approximate surface area is 88.4 Å². The van der Waals surface area contributed by atoms with Gasteiger partial charge in [0.25, 0.3) is 0 Å². The maximum atomic E-state index is 11.1. The molecule has 1 aromatic rings. The normalized spacial score (nSPS) is 9.57. The van der Waals surface area contributed by atoms with Gasteiger partial charge in [0.15, 0.2) is 0 Å². The number of hydrogen-bond acceptors (Lipinski definition) is 5. The van der Waals surface area contributed by atoms with Crippen molar-refractivity contribution >= 4 is 27.9 Å². The van der Waals surface area contributed by atoms with E-state index >= 15 is 0 Å². The molecule has 74 valence electrons. The van der Waals surface area contributed by atoms with Crippen molar-refractivity contribution in [2.45, 2.75) is 0 Å². The van der Waals surface area contributed by atoms with Crippen molar-refractivity contribution in [2.24, 2.45) is 5.73 Å². The summed E-state index contributed by atoms with van der Waals surface area (Å²) >= 11 is 3.16. The van der Waals surface area contributed by atoms with Gasteiger partial charge >= 0.3 is 11.9 Å². The summed E-state index contributed by atoms with van der Waals surface area (Å²) in [5, 5.41) is 0. The number of nitrogens with zero attached hydrogens (tertiary/aromatic N) is 1. The van der Waals surface area contributed by atoms with Crippen molar-refractivity contribution in [3.63, 3.8) is 0 Å². The van der Waals surface area contributed by atoms with Gasteiger partial charge in [-0.2, -0.15) is 0 Å². The van der Waals surface area contributed by atoms with Crippen LogP contribution < -0.4 is 5.73 Å². The molecule has 1 heterocycles. The Balaban J connectivity index is 2.70. The first-order valence-corrected chi connectivity index (χ1v) is 4.49. The van der Waals surface area contributed by atoms with Crippen LogP contribution >= 0.6 is 15.9 Å². The predicted molar refractivity (Wildman–Crippen MR) is 51.4 cm³/mol. The molecular weight excluding hydrogens is 252 g/mol. The highest BCUT2D eigenvalue weighted by atomic mass is 79.9. The van der Waals surface area contributed by atoms with Crippen molar-refractivity contribution in [1.82, 2.24) is 4.98 Å². The first-order chi connectivity index (χ1) is 6.63. The van der Waals surface area contributed by atoms with E-state index in [1.165, 1.54) is 12.3 Å². The third-order valence-corrected chi connectivity index (χ3v) is 1.78. The summed E-state index contributed by atoms with van der Waals surface area (Å²) in [4.78, 5) is 25.6. The van der Waals surface area contributed by atoms with E-state index in [9.17, 15) is 9.59 Å². The molecule has 0 aliphatic rings. The van der Waals surface area contributed by atoms with Crippen LogP contribution in [0.4, 0.5) is 0 Å². The van der Waals surface area contributed by atoms with Crippen molar-refractivity contribution in [3.05, 3.63) is 28.5 Å². The maximum Gasteiger partial charge on any atom is 0.364 e. The highest BCUT2D eigenvalue weighted by Gasteiger charge is 2.12. The van der Waals surface area contributed by atoms with Gasteiger partial charge in [0.1, 0.15) is 5.69 Å². The van der Waals surface area contributed by atoms with E-state index in [2.05, 4.69) is 25.7 Å². The Hall–Kier alpha value is -1.27. The Kier molecular flexibility index (Phi) is 3.73. The van der Waals surface area contributed by atoms with Gasteiger partial charge in [0, 0.05) is 10.7 Å². The monoisotopic (exact) mass is 258 g/mol. The molecule has 0 unspecified atom stereocenters. The fourth-order valence-electron chi connectivity index (χ4n) is 0.694. The third-order valence-electron chi connectivity index (χ3n) is 1.31. The lowest BCUT2D eigenvalue weighted by molar-refractivity contribution is -0.136. The summed E-state index contributed by atoms with van der Waals surface area (Å²) in [5.41, 5.74) is 5.03. The van der Waals surface area contributed by atoms with Crippen LogP contribution in [0.5, 0.6) is 0 Å². The molecule has 0 spiro atoms. The van der Waals surface area contributed by atoms with Crippen LogP contribution in [0.1, 0.15) is 10.5 Å². The minimum Gasteiger partial charge on any atom is -0.387 e. The highest BCUT2D eigenvalue weighted by Crippen LogP contribution is 2.07. The molecule has 1 aromatic heterocycles. The molecule has 0 fully saturated rings. The van der Waals surface area contributed by atoms with Crippen molar-refractivity contribution in [2.75, 3.05) is 6.54 Å². The Morgan fingerprint density at radius 2 is 2.21 bits per heavy atom. The van der Waals surface area contributed by atoms with Gasteiger partial charge in [-0.05, 0) is 28.1 Å². The van der Waals surface area contributed by atoms with Gasteiger partial charge in [-0.15, -0.1) is 0 Å². The second-order valence-electron chi connectivity index (χ2n) is 2.33. The van der Waals surface area contributed by atoms with Crippen molar-refractivity contribution in [3.8, 4) is 0 Å². The topological polar surface area (TPSA) is 82.3 Å². The highest BCUT2D eigenvalue weighted by molar-refractivity contribution is 9.10. The molecule has 1 rings (SSSR count). The zero-order chi connectivity index (χ0) is 10.6. The van der Waals surface area contributed by atoms with Crippen LogP contribution in [0.25, 0.3) is 0 Å². The molecule has 2 N–H and O–H groups in total. The average molecular weight is 259 g/mol. The number of esters is 2. The number of hydrogen-bond donors (Lipinski definition) is 1. The molecular formula is C8H7BrN2O3. The molecule has 0 aliphatic carbocycles. The predicted octanol–water partition coefficient (Wildman–Crippen LogP) is 0.486. The number of ether oxygens (including phenoxy) is 1. The summed E-state index contributed by atoms with van der Waals surface area (Å²) in [5.74, 6) is -1.58. The lowest BCUT2D eigenvalue weighted by Gasteiger charge is -1.99. The van der Waals surface area contributed by atoms with Crippen molar-refractivity contribution < 1.29 is 14.3 Å². The lowest BCUT2D eigenvalue weighted by Crippen LogP contribution is -2.21. The number of pyridine rings is 1. The van der Waals surface area contributed by atoms with E-state index in [4.69, 9.17) is 5.73 Å². The third kappa shape index (κ3) is 2.90. The fourth-order valence-corrected chi connectivity index (χ4v) is 0.928. The van der Waals surface area contributed by atoms with Crippen LogP contribution in [0.3, 0.4) is 0 Å². The van der Waals surface area contributed by atoms with Crippen LogP contribution in [0.2, 0.25) is 0 Å². The van der Waals surface area contributed by atoms with Crippen LogP contribution in [-0.2, 0) is 9.53 Å². The van der Waals surface area contributed by atoms with E-state index < -0.39 is 11.9 Å². The fraction of sp³-hybridized carbons (Fsp3) is 0.125. The minimum atomic E-state index is -0.798. The van der Waals surface area contributed by atoms with E-state index in [0.29, 0.717) is 0 Å². The Morgan fingerprint density at radius 1 is 1.50 bits per heavy atom. The number of nitrogens with two attached hydrogens (primary N) is 1. The van der Waals surface area contributed by atoms with Crippen LogP contribution in [-0.4, -0.2) is 23.5 Å². The van der Waals surface area contributed by atoms with Crippen LogP contribution in [0, 0.1) is 0 Å². The van der Waals surface area contributed by atoms with Crippen molar-refractivity contribution in [1.29, 1.82) is 0 Å².